The standard InChI is InChI=1S/C11H26N2OS/c1-11(2,15-4)9-13-10(8-14-3)6-5-7-12/h10,13H,5-9,12H2,1-4H3. The maximum Gasteiger partial charge on any atom is 0.0615 e. The molecule has 3 nitrogen and oxygen atoms in total. The average Bonchev–Trinajstić information content (AvgIpc) is 2.22. The lowest BCUT2D eigenvalue weighted by Crippen LogP contribution is -2.41. The summed E-state index contributed by atoms with van der Waals surface area (Å²) in [4.78, 5) is 0. The van der Waals surface area contributed by atoms with Crippen LogP contribution in [0.3, 0.4) is 0 Å². The van der Waals surface area contributed by atoms with Gasteiger partial charge in [0.2, 0.25) is 0 Å². The summed E-state index contributed by atoms with van der Waals surface area (Å²) in [7, 11) is 1.75. The van der Waals surface area contributed by atoms with Gasteiger partial charge in [0.15, 0.2) is 0 Å². The Morgan fingerprint density at radius 1 is 1.47 bits per heavy atom. The van der Waals surface area contributed by atoms with Gasteiger partial charge in [-0.1, -0.05) is 0 Å². The first-order chi connectivity index (χ1) is 7.05. The summed E-state index contributed by atoms with van der Waals surface area (Å²) < 4.78 is 5.48. The molecule has 0 aliphatic heterocycles. The van der Waals surface area contributed by atoms with E-state index in [1.165, 1.54) is 0 Å². The number of hydrogen-bond acceptors (Lipinski definition) is 4. The summed E-state index contributed by atoms with van der Waals surface area (Å²) in [5.74, 6) is 0. The molecule has 0 radical (unpaired) electrons. The van der Waals surface area contributed by atoms with Crippen molar-refractivity contribution >= 4 is 11.8 Å². The van der Waals surface area contributed by atoms with Crippen LogP contribution in [-0.2, 0) is 4.74 Å². The van der Waals surface area contributed by atoms with Crippen LogP contribution in [0.5, 0.6) is 0 Å². The van der Waals surface area contributed by atoms with Crippen molar-refractivity contribution in [2.24, 2.45) is 5.73 Å². The zero-order chi connectivity index (χ0) is 11.7. The molecule has 0 bridgehead atoms. The third-order valence-electron chi connectivity index (χ3n) is 2.49. The normalized spacial score (nSPS) is 14.2. The van der Waals surface area contributed by atoms with E-state index in [1.54, 1.807) is 7.11 Å². The summed E-state index contributed by atoms with van der Waals surface area (Å²) in [6.07, 6.45) is 4.29. The molecule has 0 spiro atoms. The highest BCUT2D eigenvalue weighted by molar-refractivity contribution is 7.99. The molecule has 15 heavy (non-hydrogen) atoms. The highest BCUT2D eigenvalue weighted by Crippen LogP contribution is 2.19. The number of ether oxygens (including phenoxy) is 1. The van der Waals surface area contributed by atoms with E-state index < -0.39 is 0 Å². The van der Waals surface area contributed by atoms with Gasteiger partial charge < -0.3 is 15.8 Å². The van der Waals surface area contributed by atoms with Crippen molar-refractivity contribution in [1.82, 2.24) is 5.32 Å². The van der Waals surface area contributed by atoms with Crippen LogP contribution in [0.1, 0.15) is 26.7 Å². The molecule has 0 rings (SSSR count). The number of rotatable bonds is 9. The monoisotopic (exact) mass is 234 g/mol. The Bertz CT molecular complexity index is 154. The van der Waals surface area contributed by atoms with Gasteiger partial charge in [-0.05, 0) is 39.5 Å². The van der Waals surface area contributed by atoms with Gasteiger partial charge in [-0.15, -0.1) is 0 Å². The lowest BCUT2D eigenvalue weighted by Gasteiger charge is -2.26. The predicted octanol–water partition coefficient (Wildman–Crippen LogP) is 1.47. The van der Waals surface area contributed by atoms with E-state index in [-0.39, 0.29) is 4.75 Å². The molecule has 0 fully saturated rings. The molecule has 0 aliphatic carbocycles. The van der Waals surface area contributed by atoms with E-state index in [0.29, 0.717) is 6.04 Å². The van der Waals surface area contributed by atoms with Crippen LogP contribution in [0, 0.1) is 0 Å². The van der Waals surface area contributed by atoms with Crippen molar-refractivity contribution < 1.29 is 4.74 Å². The van der Waals surface area contributed by atoms with E-state index >= 15 is 0 Å². The lowest BCUT2D eigenvalue weighted by atomic mass is 10.1. The van der Waals surface area contributed by atoms with Crippen molar-refractivity contribution in [2.45, 2.75) is 37.5 Å². The van der Waals surface area contributed by atoms with E-state index in [2.05, 4.69) is 25.4 Å². The first kappa shape index (κ1) is 15.2. The van der Waals surface area contributed by atoms with Crippen LogP contribution < -0.4 is 11.1 Å². The first-order valence-corrected chi connectivity index (χ1v) is 6.75. The van der Waals surface area contributed by atoms with Gasteiger partial charge in [-0.25, -0.2) is 0 Å². The minimum absolute atomic E-state index is 0.286. The Hall–Kier alpha value is 0.230. The van der Waals surface area contributed by atoms with Crippen molar-refractivity contribution in [2.75, 3.05) is 33.1 Å². The Labute approximate surface area is 98.5 Å². The van der Waals surface area contributed by atoms with Crippen molar-refractivity contribution in [3.8, 4) is 0 Å². The molecular formula is C11H26N2OS. The fourth-order valence-electron chi connectivity index (χ4n) is 1.27. The molecule has 4 heteroatoms. The Morgan fingerprint density at radius 2 is 2.13 bits per heavy atom. The summed E-state index contributed by atoms with van der Waals surface area (Å²) in [5, 5.41) is 3.55. The van der Waals surface area contributed by atoms with E-state index in [1.807, 2.05) is 11.8 Å². The molecule has 0 aromatic carbocycles. The van der Waals surface area contributed by atoms with E-state index in [9.17, 15) is 0 Å². The van der Waals surface area contributed by atoms with Crippen LogP contribution in [-0.4, -0.2) is 43.9 Å². The number of nitrogens with two attached hydrogens (primary N) is 1. The molecule has 0 amide bonds. The van der Waals surface area contributed by atoms with Gasteiger partial charge in [-0.3, -0.25) is 0 Å². The molecule has 0 aromatic heterocycles. The third-order valence-corrected chi connectivity index (χ3v) is 3.74. The van der Waals surface area contributed by atoms with Gasteiger partial charge in [0.05, 0.1) is 6.61 Å². The molecule has 0 saturated heterocycles. The van der Waals surface area contributed by atoms with Gasteiger partial charge in [0.25, 0.3) is 0 Å². The topological polar surface area (TPSA) is 47.3 Å². The van der Waals surface area contributed by atoms with Crippen LogP contribution >= 0.6 is 11.8 Å². The smallest absolute Gasteiger partial charge is 0.0615 e. The second-order valence-corrected chi connectivity index (χ2v) is 5.94. The van der Waals surface area contributed by atoms with Gasteiger partial charge in [0, 0.05) is 24.4 Å². The molecule has 3 N–H and O–H groups in total. The average molecular weight is 234 g/mol. The largest absolute Gasteiger partial charge is 0.383 e. The molecule has 92 valence electrons. The summed E-state index contributed by atoms with van der Waals surface area (Å²) in [5.41, 5.74) is 5.51. The Morgan fingerprint density at radius 3 is 2.60 bits per heavy atom. The van der Waals surface area contributed by atoms with Crippen LogP contribution in [0.2, 0.25) is 0 Å². The highest BCUT2D eigenvalue weighted by atomic mass is 32.2. The fourth-order valence-corrected chi connectivity index (χ4v) is 1.50. The van der Waals surface area contributed by atoms with Gasteiger partial charge in [-0.2, -0.15) is 11.8 Å². The Balaban J connectivity index is 3.83. The SMILES string of the molecule is COCC(CCCN)NCC(C)(C)SC. The van der Waals surface area contributed by atoms with Crippen LogP contribution in [0.4, 0.5) is 0 Å². The predicted molar refractivity (Wildman–Crippen MR) is 69.5 cm³/mol. The first-order valence-electron chi connectivity index (χ1n) is 5.53. The third kappa shape index (κ3) is 8.08. The summed E-state index contributed by atoms with van der Waals surface area (Å²) >= 11 is 1.88. The van der Waals surface area contributed by atoms with Crippen LogP contribution in [0.25, 0.3) is 0 Å². The Kier molecular flexibility index (Phi) is 8.52. The molecule has 0 saturated carbocycles. The second kappa shape index (κ2) is 8.39. The summed E-state index contributed by atoms with van der Waals surface area (Å²) in [6.45, 7) is 7.03. The van der Waals surface area contributed by atoms with E-state index in [4.69, 9.17) is 10.5 Å². The van der Waals surface area contributed by atoms with Crippen LogP contribution in [0.15, 0.2) is 0 Å². The van der Waals surface area contributed by atoms with Gasteiger partial charge in [0.1, 0.15) is 0 Å². The number of nitrogens with one attached hydrogen (secondary N) is 1. The molecule has 0 aromatic rings. The fraction of sp³-hybridized carbons (Fsp3) is 1.00. The minimum Gasteiger partial charge on any atom is -0.383 e. The van der Waals surface area contributed by atoms with Crippen molar-refractivity contribution in [3.05, 3.63) is 0 Å². The molecule has 1 unspecified atom stereocenters. The lowest BCUT2D eigenvalue weighted by molar-refractivity contribution is 0.161. The molecule has 0 aliphatic rings. The highest BCUT2D eigenvalue weighted by Gasteiger charge is 2.17. The molecule has 0 heterocycles. The van der Waals surface area contributed by atoms with Crippen molar-refractivity contribution in [1.29, 1.82) is 0 Å². The maximum absolute atomic E-state index is 5.51. The second-order valence-electron chi connectivity index (χ2n) is 4.43. The van der Waals surface area contributed by atoms with Gasteiger partial charge >= 0.3 is 0 Å². The molecular weight excluding hydrogens is 208 g/mol. The maximum atomic E-state index is 5.51. The number of methoxy groups -OCH3 is 1. The minimum atomic E-state index is 0.286. The molecule has 1 atom stereocenters. The zero-order valence-electron chi connectivity index (χ0n) is 10.5. The van der Waals surface area contributed by atoms with Crippen molar-refractivity contribution in [3.63, 3.8) is 0 Å². The zero-order valence-corrected chi connectivity index (χ0v) is 11.3. The summed E-state index contributed by atoms with van der Waals surface area (Å²) in [6, 6.07) is 0.435. The van der Waals surface area contributed by atoms with E-state index in [0.717, 1.165) is 32.5 Å². The number of thioether (sulfide) groups is 1. The quantitative estimate of drug-likeness (QED) is 0.634. The number of hydrogen-bond donors (Lipinski definition) is 2.